The summed E-state index contributed by atoms with van der Waals surface area (Å²) in [4.78, 5) is 4.79. The van der Waals surface area contributed by atoms with Crippen LogP contribution in [0.15, 0.2) is 373 Å². The van der Waals surface area contributed by atoms with Crippen LogP contribution in [-0.2, 0) is 5.41 Å². The van der Waals surface area contributed by atoms with Crippen LogP contribution in [0.25, 0.3) is 100 Å². The summed E-state index contributed by atoms with van der Waals surface area (Å²) >= 11 is 0. The third-order valence-corrected chi connectivity index (χ3v) is 18.6. The van der Waals surface area contributed by atoms with Crippen molar-refractivity contribution in [2.75, 3.05) is 9.80 Å². The van der Waals surface area contributed by atoms with Crippen molar-refractivity contribution in [2.45, 2.75) is 5.41 Å². The number of hydrogen-bond acceptors (Lipinski definition) is 4. The van der Waals surface area contributed by atoms with E-state index in [-0.39, 0.29) is 0 Å². The third kappa shape index (κ3) is 9.63. The summed E-state index contributed by atoms with van der Waals surface area (Å²) in [5.41, 5.74) is 24.9. The minimum absolute atomic E-state index is 0.787. The molecule has 2 aromatic heterocycles. The number of benzene rings is 14. The second kappa shape index (κ2) is 23.3. The van der Waals surface area contributed by atoms with Gasteiger partial charge in [0, 0.05) is 79.3 Å². The van der Waals surface area contributed by atoms with Gasteiger partial charge in [-0.2, -0.15) is 0 Å². The largest absolute Gasteiger partial charge is 0.455 e. The molecule has 4 nitrogen and oxygen atoms in total. The molecule has 17 rings (SSSR count). The van der Waals surface area contributed by atoms with Gasteiger partial charge in [-0.15, -0.1) is 0 Å². The fourth-order valence-electron chi connectivity index (χ4n) is 14.3. The number of fused-ring (bicyclic) bond motifs is 5. The Balaban J connectivity index is 0.871. The predicted molar refractivity (Wildman–Crippen MR) is 385 cm³/mol. The van der Waals surface area contributed by atoms with Gasteiger partial charge in [0.2, 0.25) is 0 Å². The van der Waals surface area contributed by atoms with Gasteiger partial charge in [0.15, 0.2) is 0 Å². The number of hydrogen-bond donors (Lipinski definition) is 0. The average molecular weight is 1190 g/mol. The molecule has 93 heavy (non-hydrogen) atoms. The molecule has 0 saturated heterocycles. The minimum Gasteiger partial charge on any atom is -0.455 e. The van der Waals surface area contributed by atoms with Gasteiger partial charge >= 0.3 is 0 Å². The van der Waals surface area contributed by atoms with E-state index in [2.05, 4.69) is 374 Å². The molecule has 0 aliphatic heterocycles. The molecule has 438 valence electrons. The molecule has 0 saturated carbocycles. The first-order valence-electron chi connectivity index (χ1n) is 31.8. The summed E-state index contributed by atoms with van der Waals surface area (Å²) in [7, 11) is 0. The summed E-state index contributed by atoms with van der Waals surface area (Å²) in [6.45, 7) is 0. The lowest BCUT2D eigenvalue weighted by Gasteiger charge is -2.35. The molecule has 0 fully saturated rings. The Bertz CT molecular complexity index is 4990. The second-order valence-corrected chi connectivity index (χ2v) is 23.9. The summed E-state index contributed by atoms with van der Waals surface area (Å²) in [6.07, 6.45) is 0. The lowest BCUT2D eigenvalue weighted by atomic mass is 9.67. The maximum absolute atomic E-state index is 7.09. The highest BCUT2D eigenvalue weighted by atomic mass is 16.3. The van der Waals surface area contributed by atoms with E-state index >= 15 is 0 Å². The van der Waals surface area contributed by atoms with Crippen LogP contribution < -0.4 is 9.80 Å². The quantitative estimate of drug-likeness (QED) is 0.109. The molecule has 14 aromatic carbocycles. The second-order valence-electron chi connectivity index (χ2n) is 23.9. The zero-order valence-corrected chi connectivity index (χ0v) is 50.9. The molecule has 0 amide bonds. The highest BCUT2D eigenvalue weighted by Crippen LogP contribution is 2.59. The first-order valence-corrected chi connectivity index (χ1v) is 31.8. The van der Waals surface area contributed by atoms with Gasteiger partial charge in [-0.25, -0.2) is 0 Å². The predicted octanol–water partition coefficient (Wildman–Crippen LogP) is 24.5. The van der Waals surface area contributed by atoms with Gasteiger partial charge in [0.1, 0.15) is 22.7 Å². The van der Waals surface area contributed by atoms with E-state index in [1.807, 2.05) is 0 Å². The standard InChI is InChI=1S/C89H60N2O2/c1-9-25-61(26-10-1)63-41-45-71(46-42-63)90(75-51-55-79-83(59-75)92-87(67-33-17-5-18-34-67)85(79)65-29-13-3-14-30-65)73-49-53-77-78-54-50-74(58-82(78)89(81(77)57-73,69-37-21-7-22-38-69)70-39-23-8-24-40-70)91(72-47-43-64(44-48-72)62-27-11-2-12-28-62)76-52-56-80-84(60-76)93-88(68-35-19-6-20-36-68)86(80)66-31-15-4-16-32-66/h1-60H. The van der Waals surface area contributed by atoms with Crippen molar-refractivity contribution in [1.29, 1.82) is 0 Å². The summed E-state index contributed by atoms with van der Waals surface area (Å²) in [6, 6.07) is 131. The van der Waals surface area contributed by atoms with Crippen LogP contribution in [0.1, 0.15) is 22.3 Å². The molecule has 0 radical (unpaired) electrons. The maximum Gasteiger partial charge on any atom is 0.143 e. The number of anilines is 6. The zero-order chi connectivity index (χ0) is 61.7. The van der Waals surface area contributed by atoms with E-state index in [4.69, 9.17) is 8.83 Å². The van der Waals surface area contributed by atoms with Crippen LogP contribution in [0.2, 0.25) is 0 Å². The Kier molecular flexibility index (Phi) is 13.7. The Morgan fingerprint density at radius 2 is 0.484 bits per heavy atom. The first kappa shape index (κ1) is 54.9. The summed E-state index contributed by atoms with van der Waals surface area (Å²) in [5, 5.41) is 2.10. The van der Waals surface area contributed by atoms with E-state index in [9.17, 15) is 0 Å². The van der Waals surface area contributed by atoms with Gasteiger partial charge in [0.25, 0.3) is 0 Å². The molecule has 0 N–H and O–H groups in total. The van der Waals surface area contributed by atoms with E-state index < -0.39 is 5.41 Å². The van der Waals surface area contributed by atoms with Gasteiger partial charge < -0.3 is 18.6 Å². The van der Waals surface area contributed by atoms with Crippen LogP contribution in [-0.4, -0.2) is 0 Å². The topological polar surface area (TPSA) is 32.8 Å². The first-order chi connectivity index (χ1) is 46.1. The van der Waals surface area contributed by atoms with Crippen molar-refractivity contribution < 1.29 is 8.83 Å². The van der Waals surface area contributed by atoms with Crippen LogP contribution >= 0.6 is 0 Å². The lowest BCUT2D eigenvalue weighted by Crippen LogP contribution is -2.29. The smallest absolute Gasteiger partial charge is 0.143 e. The number of furan rings is 2. The van der Waals surface area contributed by atoms with Crippen molar-refractivity contribution >= 4 is 56.1 Å². The average Bonchev–Trinajstić information content (AvgIpc) is 1.55. The zero-order valence-electron chi connectivity index (χ0n) is 50.9. The molecule has 1 aliphatic carbocycles. The maximum atomic E-state index is 7.09. The molecular formula is C89H60N2O2. The molecule has 2 heterocycles. The van der Waals surface area contributed by atoms with Crippen molar-refractivity contribution in [3.8, 4) is 78.3 Å². The van der Waals surface area contributed by atoms with Crippen LogP contribution in [0, 0.1) is 0 Å². The fourth-order valence-corrected chi connectivity index (χ4v) is 14.3. The highest BCUT2D eigenvalue weighted by molar-refractivity contribution is 6.05. The molecule has 0 unspecified atom stereocenters. The fraction of sp³-hybridized carbons (Fsp3) is 0.0112. The third-order valence-electron chi connectivity index (χ3n) is 18.6. The minimum atomic E-state index is -0.787. The molecule has 1 aliphatic rings. The summed E-state index contributed by atoms with van der Waals surface area (Å²) in [5.74, 6) is 1.69. The monoisotopic (exact) mass is 1190 g/mol. The van der Waals surface area contributed by atoms with Gasteiger partial charge in [0.05, 0.1) is 5.41 Å². The van der Waals surface area contributed by atoms with E-state index in [1.54, 1.807) is 0 Å². The molecule has 16 aromatic rings. The molecular weight excluding hydrogens is 1130 g/mol. The normalized spacial score (nSPS) is 12.2. The molecule has 0 atom stereocenters. The van der Waals surface area contributed by atoms with Gasteiger partial charge in [-0.3, -0.25) is 0 Å². The van der Waals surface area contributed by atoms with Crippen molar-refractivity contribution in [1.82, 2.24) is 0 Å². The molecule has 4 heteroatoms. The van der Waals surface area contributed by atoms with Crippen LogP contribution in [0.3, 0.4) is 0 Å². The van der Waals surface area contributed by atoms with Crippen LogP contribution in [0.4, 0.5) is 34.1 Å². The molecule has 0 bridgehead atoms. The summed E-state index contributed by atoms with van der Waals surface area (Å²) < 4.78 is 14.2. The van der Waals surface area contributed by atoms with E-state index in [0.717, 1.165) is 112 Å². The Labute approximate surface area is 541 Å². The number of rotatable bonds is 14. The molecule has 0 spiro atoms. The highest BCUT2D eigenvalue weighted by Gasteiger charge is 2.47. The van der Waals surface area contributed by atoms with E-state index in [0.29, 0.717) is 0 Å². The lowest BCUT2D eigenvalue weighted by molar-refractivity contribution is 0.632. The Hall–Kier alpha value is -12.2. The Morgan fingerprint density at radius 3 is 0.828 bits per heavy atom. The van der Waals surface area contributed by atoms with Gasteiger partial charge in [-0.05, 0) is 140 Å². The van der Waals surface area contributed by atoms with Gasteiger partial charge in [-0.1, -0.05) is 279 Å². The van der Waals surface area contributed by atoms with Crippen molar-refractivity contribution in [3.63, 3.8) is 0 Å². The number of nitrogens with zero attached hydrogens (tertiary/aromatic N) is 2. The Morgan fingerprint density at radius 1 is 0.215 bits per heavy atom. The SMILES string of the molecule is c1ccc(-c2ccc(N(c3ccc4c(c3)C(c3ccccc3)(c3ccccc3)c3cc(N(c5ccc(-c6ccccc6)cc5)c5ccc6c(-c7ccccc7)c(-c7ccccc7)oc6c5)ccc3-4)c3ccc4c(-c5ccccc5)c(-c5ccccc5)oc4c3)cc2)cc1. The van der Waals surface area contributed by atoms with Crippen molar-refractivity contribution in [3.05, 3.63) is 386 Å². The van der Waals surface area contributed by atoms with E-state index in [1.165, 1.54) is 44.5 Å². The van der Waals surface area contributed by atoms with Crippen LogP contribution in [0.5, 0.6) is 0 Å². The van der Waals surface area contributed by atoms with Crippen molar-refractivity contribution in [2.24, 2.45) is 0 Å².